The Balaban J connectivity index is 1.39. The summed E-state index contributed by atoms with van der Waals surface area (Å²) in [5, 5.41) is 0.691. The summed E-state index contributed by atoms with van der Waals surface area (Å²) in [5.74, 6) is 0.566. The van der Waals surface area contributed by atoms with Gasteiger partial charge in [0.15, 0.2) is 15.0 Å². The number of sulfone groups is 1. The highest BCUT2D eigenvalue weighted by atomic mass is 79.9. The summed E-state index contributed by atoms with van der Waals surface area (Å²) in [7, 11) is -3.00. The summed E-state index contributed by atoms with van der Waals surface area (Å²) in [6.45, 7) is 0. The van der Waals surface area contributed by atoms with E-state index in [1.807, 2.05) is 29.2 Å². The fourth-order valence-electron chi connectivity index (χ4n) is 3.41. The fourth-order valence-corrected chi connectivity index (χ4v) is 6.10. The highest BCUT2D eigenvalue weighted by Gasteiger charge is 2.41. The van der Waals surface area contributed by atoms with Gasteiger partial charge in [0.1, 0.15) is 0 Å². The third kappa shape index (κ3) is 4.57. The van der Waals surface area contributed by atoms with E-state index < -0.39 is 9.84 Å². The van der Waals surface area contributed by atoms with E-state index in [0.717, 1.165) is 28.6 Å². The van der Waals surface area contributed by atoms with Crippen molar-refractivity contribution < 1.29 is 13.2 Å². The van der Waals surface area contributed by atoms with Crippen molar-refractivity contribution in [1.29, 1.82) is 0 Å². The van der Waals surface area contributed by atoms with Crippen LogP contribution in [0.15, 0.2) is 40.1 Å². The Bertz CT molecular complexity index is 939. The molecule has 1 aliphatic carbocycles. The van der Waals surface area contributed by atoms with Gasteiger partial charge in [0, 0.05) is 16.6 Å². The van der Waals surface area contributed by atoms with Crippen molar-refractivity contribution in [2.75, 3.05) is 17.3 Å². The van der Waals surface area contributed by atoms with Crippen LogP contribution in [0.3, 0.4) is 0 Å². The molecule has 0 spiro atoms. The lowest BCUT2D eigenvalue weighted by atomic mass is 10.2. The first-order chi connectivity index (χ1) is 12.9. The highest BCUT2D eigenvalue weighted by Crippen LogP contribution is 2.33. The van der Waals surface area contributed by atoms with Crippen LogP contribution >= 0.6 is 27.7 Å². The summed E-state index contributed by atoms with van der Waals surface area (Å²) in [5.41, 5.74) is 1.93. The maximum absolute atomic E-state index is 12.8. The molecule has 1 aromatic heterocycles. The van der Waals surface area contributed by atoms with E-state index in [1.165, 1.54) is 11.8 Å². The SMILES string of the molecule is O=C(CSc1ncc(-c2ccc(Br)cc2)[nH]1)N(C1CC1)[C@H]1CCS(=O)(=O)C1. The number of hydrogen-bond donors (Lipinski definition) is 1. The molecule has 27 heavy (non-hydrogen) atoms. The number of imidazole rings is 1. The number of hydrogen-bond acceptors (Lipinski definition) is 5. The number of benzene rings is 1. The van der Waals surface area contributed by atoms with Gasteiger partial charge < -0.3 is 9.88 Å². The van der Waals surface area contributed by atoms with Crippen LogP contribution in [0.5, 0.6) is 0 Å². The molecule has 1 aromatic carbocycles. The Morgan fingerprint density at radius 3 is 2.59 bits per heavy atom. The number of carbonyl (C=O) groups is 1. The molecule has 1 aliphatic heterocycles. The number of halogens is 1. The van der Waals surface area contributed by atoms with Gasteiger partial charge in [-0.1, -0.05) is 39.8 Å². The van der Waals surface area contributed by atoms with Crippen LogP contribution in [0.4, 0.5) is 0 Å². The summed E-state index contributed by atoms with van der Waals surface area (Å²) >= 11 is 4.78. The normalized spacial score (nSPS) is 21.3. The van der Waals surface area contributed by atoms with Crippen molar-refractivity contribution in [3.63, 3.8) is 0 Å². The Hall–Kier alpha value is -1.32. The Kier molecular flexibility index (Phi) is 5.35. The zero-order valence-corrected chi connectivity index (χ0v) is 17.8. The lowest BCUT2D eigenvalue weighted by molar-refractivity contribution is -0.130. The number of nitrogens with zero attached hydrogens (tertiary/aromatic N) is 2. The number of nitrogens with one attached hydrogen (secondary N) is 1. The molecule has 9 heteroatoms. The number of amides is 1. The van der Waals surface area contributed by atoms with Crippen LogP contribution in [0.25, 0.3) is 11.3 Å². The van der Waals surface area contributed by atoms with Crippen molar-refractivity contribution in [3.05, 3.63) is 34.9 Å². The molecule has 2 aromatic rings. The second kappa shape index (κ2) is 7.60. The maximum Gasteiger partial charge on any atom is 0.233 e. The summed E-state index contributed by atoms with van der Waals surface area (Å²) in [6.07, 6.45) is 4.27. The van der Waals surface area contributed by atoms with Gasteiger partial charge in [-0.25, -0.2) is 13.4 Å². The van der Waals surface area contributed by atoms with Crippen LogP contribution in [0.1, 0.15) is 19.3 Å². The number of aromatic amines is 1. The summed E-state index contributed by atoms with van der Waals surface area (Å²) in [6, 6.07) is 7.97. The molecule has 0 unspecified atom stereocenters. The Morgan fingerprint density at radius 2 is 1.96 bits per heavy atom. The molecule has 6 nitrogen and oxygen atoms in total. The average Bonchev–Trinajstić information content (AvgIpc) is 3.22. The topological polar surface area (TPSA) is 83.1 Å². The molecule has 1 N–H and O–H groups in total. The number of thioether (sulfide) groups is 1. The van der Waals surface area contributed by atoms with Crippen molar-refractivity contribution in [1.82, 2.24) is 14.9 Å². The molecule has 2 aliphatic rings. The summed E-state index contributed by atoms with van der Waals surface area (Å²) < 4.78 is 24.6. The second-order valence-corrected chi connectivity index (χ2v) is 11.1. The minimum absolute atomic E-state index is 0.00573. The Labute approximate surface area is 171 Å². The second-order valence-electron chi connectivity index (χ2n) is 6.99. The van der Waals surface area contributed by atoms with Gasteiger partial charge in [-0.3, -0.25) is 4.79 Å². The minimum Gasteiger partial charge on any atom is -0.335 e. The molecule has 1 saturated carbocycles. The zero-order chi connectivity index (χ0) is 19.0. The quantitative estimate of drug-likeness (QED) is 0.657. The van der Waals surface area contributed by atoms with Gasteiger partial charge in [0.2, 0.25) is 5.91 Å². The largest absolute Gasteiger partial charge is 0.335 e. The number of H-pyrrole nitrogens is 1. The van der Waals surface area contributed by atoms with Crippen LogP contribution in [-0.2, 0) is 14.6 Å². The number of aromatic nitrogens is 2. The maximum atomic E-state index is 12.8. The first-order valence-electron chi connectivity index (χ1n) is 8.86. The van der Waals surface area contributed by atoms with Crippen molar-refractivity contribution in [2.24, 2.45) is 0 Å². The van der Waals surface area contributed by atoms with E-state index in [4.69, 9.17) is 0 Å². The molecule has 0 bridgehead atoms. The van der Waals surface area contributed by atoms with Crippen LogP contribution in [0, 0.1) is 0 Å². The molecule has 2 heterocycles. The van der Waals surface area contributed by atoms with Crippen LogP contribution in [0.2, 0.25) is 0 Å². The van der Waals surface area contributed by atoms with Gasteiger partial charge >= 0.3 is 0 Å². The monoisotopic (exact) mass is 469 g/mol. The molecule has 144 valence electrons. The standard InChI is InChI=1S/C18H20BrN3O3S2/c19-13-3-1-12(2-4-13)16-9-20-18(21-16)26-10-17(23)22(14-5-6-14)15-7-8-27(24,25)11-15/h1-4,9,14-15H,5-8,10-11H2,(H,20,21)/t15-/m0/s1. The van der Waals surface area contributed by atoms with Gasteiger partial charge in [-0.05, 0) is 37.0 Å². The lowest BCUT2D eigenvalue weighted by Crippen LogP contribution is -2.43. The molecular formula is C18H20BrN3O3S2. The van der Waals surface area contributed by atoms with Crippen molar-refractivity contribution in [2.45, 2.75) is 36.5 Å². The van der Waals surface area contributed by atoms with Gasteiger partial charge in [0.25, 0.3) is 0 Å². The predicted molar refractivity (Wildman–Crippen MR) is 109 cm³/mol. The van der Waals surface area contributed by atoms with E-state index in [1.54, 1.807) is 6.20 Å². The minimum atomic E-state index is -3.00. The third-order valence-corrected chi connectivity index (χ3v) is 8.02. The number of rotatable bonds is 6. The molecular weight excluding hydrogens is 450 g/mol. The molecule has 1 saturated heterocycles. The first kappa shape index (κ1) is 19.0. The van der Waals surface area contributed by atoms with E-state index in [-0.39, 0.29) is 35.2 Å². The van der Waals surface area contributed by atoms with E-state index in [9.17, 15) is 13.2 Å². The first-order valence-corrected chi connectivity index (χ1v) is 12.5. The van der Waals surface area contributed by atoms with E-state index in [2.05, 4.69) is 25.9 Å². The fraction of sp³-hybridized carbons (Fsp3) is 0.444. The molecule has 2 fully saturated rings. The molecule has 0 radical (unpaired) electrons. The summed E-state index contributed by atoms with van der Waals surface area (Å²) in [4.78, 5) is 22.2. The highest BCUT2D eigenvalue weighted by molar-refractivity contribution is 9.10. The average molecular weight is 470 g/mol. The molecule has 4 rings (SSSR count). The lowest BCUT2D eigenvalue weighted by Gasteiger charge is -2.28. The van der Waals surface area contributed by atoms with Gasteiger partial charge in [0.05, 0.1) is 29.1 Å². The van der Waals surface area contributed by atoms with Crippen molar-refractivity contribution >= 4 is 43.4 Å². The predicted octanol–water partition coefficient (Wildman–Crippen LogP) is 3.11. The van der Waals surface area contributed by atoms with Crippen LogP contribution in [-0.4, -0.2) is 58.5 Å². The molecule has 1 atom stereocenters. The smallest absolute Gasteiger partial charge is 0.233 e. The van der Waals surface area contributed by atoms with E-state index in [0.29, 0.717) is 11.6 Å². The zero-order valence-electron chi connectivity index (χ0n) is 14.6. The van der Waals surface area contributed by atoms with Crippen LogP contribution < -0.4 is 0 Å². The Morgan fingerprint density at radius 1 is 1.22 bits per heavy atom. The van der Waals surface area contributed by atoms with Gasteiger partial charge in [-0.2, -0.15) is 0 Å². The van der Waals surface area contributed by atoms with Crippen molar-refractivity contribution in [3.8, 4) is 11.3 Å². The third-order valence-electron chi connectivity index (χ3n) is 4.87. The van der Waals surface area contributed by atoms with E-state index >= 15 is 0 Å². The van der Waals surface area contributed by atoms with Gasteiger partial charge in [-0.15, -0.1) is 0 Å². The molecule has 1 amide bonds. The number of carbonyl (C=O) groups excluding carboxylic acids is 1.